The molecule has 4 aromatic rings. The van der Waals surface area contributed by atoms with Gasteiger partial charge in [0, 0.05) is 17.2 Å². The highest BCUT2D eigenvalue weighted by Gasteiger charge is 2.16. The van der Waals surface area contributed by atoms with Gasteiger partial charge in [0.25, 0.3) is 0 Å². The van der Waals surface area contributed by atoms with Crippen LogP contribution in [0.3, 0.4) is 0 Å². The fourth-order valence-corrected chi connectivity index (χ4v) is 4.58. The Hall–Kier alpha value is -3.62. The standard InChI is InChI=1S/C25H20ClN3O4S/c1-14(25(30)31)27-13-15-5-8-22-18(11-15)24(29-34-22)28-19-4-2-3-17(23(19)26)16-6-7-20-21(12-16)33-10-9-32-20/h2-8,11-14H,9-10H2,1H3,(H,28,29)(H,30,31). The molecule has 172 valence electrons. The Balaban J connectivity index is 1.45. The number of halogens is 1. The first-order valence-corrected chi connectivity index (χ1v) is 11.8. The molecule has 1 aliphatic heterocycles. The number of rotatable bonds is 6. The van der Waals surface area contributed by atoms with Gasteiger partial charge in [0.2, 0.25) is 0 Å². The molecule has 3 aromatic carbocycles. The molecule has 0 radical (unpaired) electrons. The van der Waals surface area contributed by atoms with E-state index in [1.54, 1.807) is 6.21 Å². The largest absolute Gasteiger partial charge is 0.486 e. The van der Waals surface area contributed by atoms with Crippen molar-refractivity contribution in [3.63, 3.8) is 0 Å². The van der Waals surface area contributed by atoms with Crippen LogP contribution in [-0.2, 0) is 4.79 Å². The molecule has 9 heteroatoms. The quantitative estimate of drug-likeness (QED) is 0.319. The number of aliphatic carboxylic acids is 1. The average Bonchev–Trinajstić information content (AvgIpc) is 3.25. The number of carboxylic acids is 1. The zero-order valence-corrected chi connectivity index (χ0v) is 19.7. The fraction of sp³-hybridized carbons (Fsp3) is 0.160. The highest BCUT2D eigenvalue weighted by Crippen LogP contribution is 2.40. The van der Waals surface area contributed by atoms with Crippen LogP contribution in [0.4, 0.5) is 11.5 Å². The Morgan fingerprint density at radius 3 is 2.82 bits per heavy atom. The van der Waals surface area contributed by atoms with Crippen LogP contribution in [0.2, 0.25) is 5.02 Å². The topological polar surface area (TPSA) is 93.0 Å². The highest BCUT2D eigenvalue weighted by molar-refractivity contribution is 7.13. The van der Waals surface area contributed by atoms with Gasteiger partial charge in [-0.3, -0.25) is 4.99 Å². The Morgan fingerprint density at radius 2 is 2.00 bits per heavy atom. The summed E-state index contributed by atoms with van der Waals surface area (Å²) < 4.78 is 16.9. The SMILES string of the molecule is CC(N=Cc1ccc2snc(Nc3cccc(-c4ccc5c(c4)OCCO5)c3Cl)c2c1)C(=O)O. The summed E-state index contributed by atoms with van der Waals surface area (Å²) in [5.41, 5.74) is 3.30. The van der Waals surface area contributed by atoms with E-state index in [-0.39, 0.29) is 0 Å². The lowest BCUT2D eigenvalue weighted by molar-refractivity contribution is -0.137. The lowest BCUT2D eigenvalue weighted by atomic mass is 10.0. The Kier molecular flexibility index (Phi) is 6.08. The molecule has 1 atom stereocenters. The number of hydrogen-bond donors (Lipinski definition) is 2. The zero-order chi connectivity index (χ0) is 23.7. The number of carbonyl (C=O) groups is 1. The van der Waals surface area contributed by atoms with Gasteiger partial charge in [0.05, 0.1) is 15.4 Å². The second-order valence-corrected chi connectivity index (χ2v) is 8.91. The third kappa shape index (κ3) is 4.42. The van der Waals surface area contributed by atoms with Crippen LogP contribution >= 0.6 is 23.1 Å². The number of hydrogen-bond acceptors (Lipinski definition) is 7. The summed E-state index contributed by atoms with van der Waals surface area (Å²) in [5, 5.41) is 13.9. The Bertz CT molecular complexity index is 1420. The number of aliphatic imine (C=N–C) groups is 1. The van der Waals surface area contributed by atoms with E-state index < -0.39 is 12.0 Å². The molecule has 0 amide bonds. The van der Waals surface area contributed by atoms with Crippen LogP contribution in [0.1, 0.15) is 12.5 Å². The first-order valence-electron chi connectivity index (χ1n) is 10.6. The minimum Gasteiger partial charge on any atom is -0.486 e. The smallest absolute Gasteiger partial charge is 0.328 e. The maximum Gasteiger partial charge on any atom is 0.328 e. The van der Waals surface area contributed by atoms with E-state index in [1.807, 2.05) is 54.6 Å². The summed E-state index contributed by atoms with van der Waals surface area (Å²) in [6.07, 6.45) is 1.56. The van der Waals surface area contributed by atoms with Crippen LogP contribution in [0.15, 0.2) is 59.6 Å². The van der Waals surface area contributed by atoms with Crippen molar-refractivity contribution in [2.24, 2.45) is 4.99 Å². The number of carboxylic acid groups (broad SMARTS) is 1. The molecule has 0 saturated carbocycles. The molecule has 0 aliphatic carbocycles. The van der Waals surface area contributed by atoms with Gasteiger partial charge in [0.1, 0.15) is 19.3 Å². The van der Waals surface area contributed by atoms with Gasteiger partial charge >= 0.3 is 5.97 Å². The van der Waals surface area contributed by atoms with E-state index in [1.165, 1.54) is 18.5 Å². The summed E-state index contributed by atoms with van der Waals surface area (Å²) in [6, 6.07) is 16.5. The molecule has 0 fully saturated rings. The molecule has 2 N–H and O–H groups in total. The summed E-state index contributed by atoms with van der Waals surface area (Å²) in [5.74, 6) is 1.13. The number of ether oxygens (including phenoxy) is 2. The van der Waals surface area contributed by atoms with Crippen molar-refractivity contribution in [3.05, 3.63) is 65.2 Å². The molecular weight excluding hydrogens is 474 g/mol. The molecule has 5 rings (SSSR count). The number of nitrogens with zero attached hydrogens (tertiary/aromatic N) is 2. The van der Waals surface area contributed by atoms with Gasteiger partial charge in [-0.2, -0.15) is 4.37 Å². The van der Waals surface area contributed by atoms with Crippen molar-refractivity contribution in [2.45, 2.75) is 13.0 Å². The molecule has 7 nitrogen and oxygen atoms in total. The van der Waals surface area contributed by atoms with Crippen molar-refractivity contribution in [2.75, 3.05) is 18.5 Å². The summed E-state index contributed by atoms with van der Waals surface area (Å²) >= 11 is 8.17. The predicted octanol–water partition coefficient (Wildman–Crippen LogP) is 6.02. The van der Waals surface area contributed by atoms with Crippen LogP contribution in [0.25, 0.3) is 21.2 Å². The zero-order valence-electron chi connectivity index (χ0n) is 18.1. The summed E-state index contributed by atoms with van der Waals surface area (Å²) in [4.78, 5) is 15.1. The predicted molar refractivity (Wildman–Crippen MR) is 135 cm³/mol. The van der Waals surface area contributed by atoms with Gasteiger partial charge in [-0.15, -0.1) is 0 Å². The van der Waals surface area contributed by atoms with Crippen LogP contribution < -0.4 is 14.8 Å². The molecule has 1 aliphatic rings. The third-order valence-electron chi connectivity index (χ3n) is 5.40. The molecule has 34 heavy (non-hydrogen) atoms. The minimum atomic E-state index is -0.968. The van der Waals surface area contributed by atoms with Crippen LogP contribution in [0, 0.1) is 0 Å². The molecular formula is C25H20ClN3O4S. The molecule has 1 aromatic heterocycles. The normalized spacial score (nSPS) is 13.8. The van der Waals surface area contributed by atoms with Gasteiger partial charge in [-0.05, 0) is 59.9 Å². The fourth-order valence-electron chi connectivity index (χ4n) is 3.58. The molecule has 1 unspecified atom stereocenters. The maximum atomic E-state index is 11.0. The number of fused-ring (bicyclic) bond motifs is 2. The monoisotopic (exact) mass is 493 g/mol. The van der Waals surface area contributed by atoms with Gasteiger partial charge in [0.15, 0.2) is 17.3 Å². The van der Waals surface area contributed by atoms with Crippen LogP contribution in [0.5, 0.6) is 11.5 Å². The van der Waals surface area contributed by atoms with E-state index >= 15 is 0 Å². The maximum absolute atomic E-state index is 11.0. The minimum absolute atomic E-state index is 0.518. The first-order chi connectivity index (χ1) is 16.5. The van der Waals surface area contributed by atoms with E-state index in [0.717, 1.165) is 38.2 Å². The highest BCUT2D eigenvalue weighted by atomic mass is 35.5. The Morgan fingerprint density at radius 1 is 1.18 bits per heavy atom. The summed E-state index contributed by atoms with van der Waals surface area (Å²) in [6.45, 7) is 2.60. The number of anilines is 2. The third-order valence-corrected chi connectivity index (χ3v) is 6.64. The second-order valence-electron chi connectivity index (χ2n) is 7.73. The van der Waals surface area contributed by atoms with E-state index in [2.05, 4.69) is 14.7 Å². The van der Waals surface area contributed by atoms with Gasteiger partial charge in [-0.1, -0.05) is 35.9 Å². The average molecular weight is 494 g/mol. The number of nitrogens with one attached hydrogen (secondary N) is 1. The van der Waals surface area contributed by atoms with Gasteiger partial charge in [-0.25, -0.2) is 4.79 Å². The molecule has 0 saturated heterocycles. The van der Waals surface area contributed by atoms with Crippen molar-refractivity contribution < 1.29 is 19.4 Å². The van der Waals surface area contributed by atoms with Crippen molar-refractivity contribution in [3.8, 4) is 22.6 Å². The van der Waals surface area contributed by atoms with Crippen LogP contribution in [-0.4, -0.2) is 40.9 Å². The van der Waals surface area contributed by atoms with Gasteiger partial charge < -0.3 is 19.9 Å². The lowest BCUT2D eigenvalue weighted by Gasteiger charge is -2.19. The Labute approximate surface area is 204 Å². The van der Waals surface area contributed by atoms with E-state index in [4.69, 9.17) is 26.2 Å². The number of aromatic nitrogens is 1. The lowest BCUT2D eigenvalue weighted by Crippen LogP contribution is -2.15. The van der Waals surface area contributed by atoms with Crippen molar-refractivity contribution in [1.29, 1.82) is 0 Å². The van der Waals surface area contributed by atoms with Crippen molar-refractivity contribution >= 4 is 56.9 Å². The number of benzene rings is 3. The van der Waals surface area contributed by atoms with E-state index in [0.29, 0.717) is 29.8 Å². The second kappa shape index (κ2) is 9.32. The van der Waals surface area contributed by atoms with E-state index in [9.17, 15) is 4.79 Å². The molecule has 0 bridgehead atoms. The summed E-state index contributed by atoms with van der Waals surface area (Å²) in [7, 11) is 0. The molecule has 2 heterocycles. The van der Waals surface area contributed by atoms with Crippen molar-refractivity contribution in [1.82, 2.24) is 4.37 Å². The first kappa shape index (κ1) is 22.2. The molecule has 0 spiro atoms.